The highest BCUT2D eigenvalue weighted by Crippen LogP contribution is 2.43. The van der Waals surface area contributed by atoms with Gasteiger partial charge in [0.2, 0.25) is 22.4 Å². The predicted octanol–water partition coefficient (Wildman–Crippen LogP) is 3.00. The van der Waals surface area contributed by atoms with Gasteiger partial charge in [0.05, 0.1) is 16.9 Å². The van der Waals surface area contributed by atoms with Crippen LogP contribution in [0.3, 0.4) is 0 Å². The Bertz CT molecular complexity index is 1910. The second kappa shape index (κ2) is 11.3. The summed E-state index contributed by atoms with van der Waals surface area (Å²) in [6.45, 7) is -1.60. The van der Waals surface area contributed by atoms with Crippen LogP contribution in [0.25, 0.3) is 16.9 Å². The van der Waals surface area contributed by atoms with E-state index in [0.717, 1.165) is 24.3 Å². The van der Waals surface area contributed by atoms with E-state index >= 15 is 0 Å². The molecule has 0 aliphatic heterocycles. The number of carboxylic acids is 1. The van der Waals surface area contributed by atoms with E-state index in [0.29, 0.717) is 0 Å². The molecular weight excluding hydrogens is 574 g/mol. The Morgan fingerprint density at radius 2 is 1.40 bits per heavy atom. The van der Waals surface area contributed by atoms with Gasteiger partial charge in [0.1, 0.15) is 30.7 Å². The number of aromatic nitrogens is 2. The number of benzene rings is 2. The van der Waals surface area contributed by atoms with E-state index in [1.807, 2.05) is 0 Å². The molecule has 0 fully saturated rings. The van der Waals surface area contributed by atoms with Crippen molar-refractivity contribution in [2.45, 2.75) is 19.1 Å². The summed E-state index contributed by atoms with van der Waals surface area (Å²) >= 11 is 0. The highest BCUT2D eigenvalue weighted by atomic mass is 19.2. The molecule has 5 N–H and O–H groups in total. The molecule has 220 valence electrons. The van der Waals surface area contributed by atoms with E-state index in [2.05, 4.69) is 5.10 Å². The van der Waals surface area contributed by atoms with E-state index in [-0.39, 0.29) is 39.6 Å². The Kier molecular flexibility index (Phi) is 7.63. The van der Waals surface area contributed by atoms with Crippen LogP contribution in [0.2, 0.25) is 0 Å². The quantitative estimate of drug-likeness (QED) is 0.177. The lowest BCUT2D eigenvalue weighted by Gasteiger charge is -2.18. The van der Waals surface area contributed by atoms with Crippen LogP contribution in [-0.2, 0) is 13.2 Å². The first-order valence-electron chi connectivity index (χ1n) is 12.3. The van der Waals surface area contributed by atoms with Crippen molar-refractivity contribution >= 4 is 5.97 Å². The van der Waals surface area contributed by atoms with Crippen molar-refractivity contribution in [3.63, 3.8) is 0 Å². The van der Waals surface area contributed by atoms with Crippen molar-refractivity contribution < 1.29 is 47.9 Å². The average Bonchev–Trinajstić information content (AvgIpc) is 3.43. The van der Waals surface area contributed by atoms with Crippen molar-refractivity contribution in [2.75, 3.05) is 0 Å². The average molecular weight is 594 g/mol. The molecule has 2 aromatic carbocycles. The van der Waals surface area contributed by atoms with E-state index in [9.17, 15) is 48.7 Å². The van der Waals surface area contributed by atoms with Crippen LogP contribution >= 0.6 is 0 Å². The van der Waals surface area contributed by atoms with Crippen molar-refractivity contribution in [3.05, 3.63) is 127 Å². The zero-order valence-electron chi connectivity index (χ0n) is 21.7. The number of rotatable bonds is 8. The van der Waals surface area contributed by atoms with Crippen molar-refractivity contribution in [1.29, 1.82) is 0 Å². The summed E-state index contributed by atoms with van der Waals surface area (Å²) in [7, 11) is 0. The maximum atomic E-state index is 14.4. The van der Waals surface area contributed by atoms with Crippen LogP contribution in [-0.4, -0.2) is 41.3 Å². The molecule has 3 aromatic heterocycles. The van der Waals surface area contributed by atoms with Crippen molar-refractivity contribution in [3.8, 4) is 28.4 Å². The van der Waals surface area contributed by atoms with Gasteiger partial charge in [-0.2, -0.15) is 5.10 Å². The normalized spacial score (nSPS) is 11.3. The molecule has 0 spiro atoms. The third-order valence-corrected chi connectivity index (χ3v) is 6.46. The number of carboxylic acid groups (broad SMARTS) is 1. The van der Waals surface area contributed by atoms with Gasteiger partial charge in [-0.15, -0.1) is 0 Å². The minimum absolute atomic E-state index is 0.0416. The zero-order valence-corrected chi connectivity index (χ0v) is 21.7. The minimum atomic E-state index is -1.71. The number of aliphatic hydroxyl groups excluding tert-OH is 2. The topological polar surface area (TPSA) is 196 Å². The first-order valence-corrected chi connectivity index (χ1v) is 12.3. The lowest BCUT2D eigenvalue weighted by molar-refractivity contribution is 0.0697. The van der Waals surface area contributed by atoms with Crippen molar-refractivity contribution in [1.82, 2.24) is 9.78 Å². The maximum Gasteiger partial charge on any atom is 0.335 e. The summed E-state index contributed by atoms with van der Waals surface area (Å²) in [6, 6.07) is 9.72. The monoisotopic (exact) mass is 594 g/mol. The standard InChI is InChI=1S/C29H20F2N2O10/c30-19-6-3-14(7-20(19)31)24-18(10-33(32-24)15-4-1-13(2-5-15)29(40)41)23(27-25(38)21(36)8-16(11-34)42-27)28-26(39)22(37)9-17(12-35)43-28/h1-10,23,34-35,38-39H,11-12H2,(H,40,41). The highest BCUT2D eigenvalue weighted by molar-refractivity contribution is 5.87. The molecule has 5 aromatic rings. The van der Waals surface area contributed by atoms with Gasteiger partial charge in [0, 0.05) is 29.5 Å². The Balaban J connectivity index is 1.88. The molecule has 0 atom stereocenters. The summed E-state index contributed by atoms with van der Waals surface area (Å²) in [5, 5.41) is 54.7. The number of halogens is 2. The Labute approximate surface area is 238 Å². The zero-order chi connectivity index (χ0) is 31.0. The number of aromatic hydroxyl groups is 2. The number of carbonyl (C=O) groups is 1. The molecule has 0 bridgehead atoms. The van der Waals surface area contributed by atoms with Gasteiger partial charge in [-0.25, -0.2) is 18.3 Å². The maximum absolute atomic E-state index is 14.4. The number of aliphatic hydroxyl groups is 2. The fourth-order valence-corrected chi connectivity index (χ4v) is 4.41. The van der Waals surface area contributed by atoms with Crippen LogP contribution in [0.5, 0.6) is 11.5 Å². The molecule has 0 unspecified atom stereocenters. The summed E-state index contributed by atoms with van der Waals surface area (Å²) in [5.41, 5.74) is -2.09. The second-order valence-corrected chi connectivity index (χ2v) is 9.19. The summed E-state index contributed by atoms with van der Waals surface area (Å²) in [6.07, 6.45) is 1.27. The lowest BCUT2D eigenvalue weighted by atomic mass is 9.90. The summed E-state index contributed by atoms with van der Waals surface area (Å²) in [4.78, 5) is 36.6. The molecule has 0 saturated heterocycles. The lowest BCUT2D eigenvalue weighted by Crippen LogP contribution is -2.14. The second-order valence-electron chi connectivity index (χ2n) is 9.19. The predicted molar refractivity (Wildman–Crippen MR) is 142 cm³/mol. The van der Waals surface area contributed by atoms with Crippen molar-refractivity contribution in [2.24, 2.45) is 0 Å². The minimum Gasteiger partial charge on any atom is -0.502 e. The van der Waals surface area contributed by atoms with Gasteiger partial charge in [0.25, 0.3) is 0 Å². The third kappa shape index (κ3) is 5.39. The molecule has 0 radical (unpaired) electrons. The number of aromatic carboxylic acids is 1. The van der Waals surface area contributed by atoms with Gasteiger partial charge in [-0.1, -0.05) is 0 Å². The van der Waals surface area contributed by atoms with Gasteiger partial charge in [-0.3, -0.25) is 9.59 Å². The molecular formula is C29H20F2N2O10. The molecule has 14 heteroatoms. The molecule has 0 aliphatic carbocycles. The molecule has 5 rings (SSSR count). The smallest absolute Gasteiger partial charge is 0.335 e. The SMILES string of the molecule is O=C(O)c1ccc(-n2cc(C(c3oc(CO)cc(=O)c3O)c3oc(CO)cc(=O)c3O)c(-c3ccc(F)c(F)c3)n2)cc1. The molecule has 12 nitrogen and oxygen atoms in total. The van der Waals surface area contributed by atoms with E-state index in [1.54, 1.807) is 0 Å². The van der Waals surface area contributed by atoms with Crippen LogP contribution in [0.4, 0.5) is 8.78 Å². The first-order chi connectivity index (χ1) is 20.5. The molecule has 43 heavy (non-hydrogen) atoms. The fraction of sp³-hybridized carbons (Fsp3) is 0.103. The van der Waals surface area contributed by atoms with Crippen LogP contribution in [0.1, 0.15) is 44.9 Å². The van der Waals surface area contributed by atoms with Crippen LogP contribution < -0.4 is 10.9 Å². The Morgan fingerprint density at radius 3 is 1.88 bits per heavy atom. The molecule has 0 aliphatic rings. The molecule has 0 saturated carbocycles. The van der Waals surface area contributed by atoms with Gasteiger partial charge in [0.15, 0.2) is 23.2 Å². The fourth-order valence-electron chi connectivity index (χ4n) is 4.41. The van der Waals surface area contributed by atoms with Gasteiger partial charge >= 0.3 is 5.97 Å². The van der Waals surface area contributed by atoms with Crippen LogP contribution in [0.15, 0.2) is 79.2 Å². The number of hydrogen-bond acceptors (Lipinski definition) is 10. The number of hydrogen-bond donors (Lipinski definition) is 5. The van der Waals surface area contributed by atoms with E-state index in [1.165, 1.54) is 41.2 Å². The van der Waals surface area contributed by atoms with E-state index in [4.69, 9.17) is 8.83 Å². The first kappa shape index (κ1) is 28.9. The van der Waals surface area contributed by atoms with Crippen LogP contribution in [0, 0.1) is 11.6 Å². The number of nitrogens with zero attached hydrogens (tertiary/aromatic N) is 2. The summed E-state index contributed by atoms with van der Waals surface area (Å²) in [5.74, 6) is -9.26. The third-order valence-electron chi connectivity index (χ3n) is 6.46. The Morgan fingerprint density at radius 1 is 0.837 bits per heavy atom. The highest BCUT2D eigenvalue weighted by Gasteiger charge is 2.35. The Hall–Kier alpha value is -5.60. The summed E-state index contributed by atoms with van der Waals surface area (Å²) < 4.78 is 40.7. The molecule has 3 heterocycles. The van der Waals surface area contributed by atoms with Gasteiger partial charge in [-0.05, 0) is 42.5 Å². The molecule has 0 amide bonds. The van der Waals surface area contributed by atoms with Gasteiger partial charge < -0.3 is 34.4 Å². The largest absolute Gasteiger partial charge is 0.502 e. The van der Waals surface area contributed by atoms with E-state index < -0.39 is 70.6 Å².